The van der Waals surface area contributed by atoms with Crippen LogP contribution < -0.4 is 5.32 Å². The lowest BCUT2D eigenvalue weighted by atomic mass is 10.1. The molecule has 5 nitrogen and oxygen atoms in total. The Morgan fingerprint density at radius 1 is 1.30 bits per heavy atom. The van der Waals surface area contributed by atoms with Gasteiger partial charge in [-0.25, -0.2) is 9.18 Å². The Labute approximate surface area is 162 Å². The highest BCUT2D eigenvalue weighted by atomic mass is 35.5. The second-order valence-electron chi connectivity index (χ2n) is 6.40. The number of hydrogen-bond donors (Lipinski definition) is 1. The molecule has 1 aliphatic rings. The summed E-state index contributed by atoms with van der Waals surface area (Å²) in [7, 11) is 1.27. The Morgan fingerprint density at radius 2 is 2.07 bits per heavy atom. The summed E-state index contributed by atoms with van der Waals surface area (Å²) in [6, 6.07) is 10.9. The Bertz CT molecular complexity index is 859. The van der Waals surface area contributed by atoms with Crippen LogP contribution in [0.15, 0.2) is 42.5 Å². The minimum atomic E-state index is -0.571. The van der Waals surface area contributed by atoms with E-state index in [1.807, 2.05) is 4.90 Å². The molecule has 0 spiro atoms. The molecule has 142 valence electrons. The van der Waals surface area contributed by atoms with Crippen molar-refractivity contribution in [2.75, 3.05) is 19.0 Å². The number of carbonyl (C=O) groups is 2. The molecule has 1 aliphatic heterocycles. The first-order chi connectivity index (χ1) is 13.0. The van der Waals surface area contributed by atoms with Gasteiger partial charge in [-0.05, 0) is 43.7 Å². The van der Waals surface area contributed by atoms with E-state index in [-0.39, 0.29) is 28.4 Å². The normalized spacial score (nSPS) is 16.9. The van der Waals surface area contributed by atoms with Crippen molar-refractivity contribution in [3.63, 3.8) is 0 Å². The van der Waals surface area contributed by atoms with Crippen molar-refractivity contribution in [3.05, 3.63) is 64.4 Å². The molecule has 1 saturated heterocycles. The molecule has 0 saturated carbocycles. The molecule has 0 aromatic heterocycles. The molecule has 1 heterocycles. The van der Waals surface area contributed by atoms with Crippen molar-refractivity contribution in [2.24, 2.45) is 0 Å². The number of rotatable bonds is 5. The van der Waals surface area contributed by atoms with Gasteiger partial charge in [-0.2, -0.15) is 0 Å². The topological polar surface area (TPSA) is 58.6 Å². The minimum Gasteiger partial charge on any atom is -0.465 e. The van der Waals surface area contributed by atoms with E-state index in [1.165, 1.54) is 25.3 Å². The fourth-order valence-corrected chi connectivity index (χ4v) is 3.45. The Morgan fingerprint density at radius 3 is 2.81 bits per heavy atom. The summed E-state index contributed by atoms with van der Waals surface area (Å²) in [4.78, 5) is 26.5. The summed E-state index contributed by atoms with van der Waals surface area (Å²) >= 11 is 6.00. The van der Waals surface area contributed by atoms with Gasteiger partial charge in [0.05, 0.1) is 23.7 Å². The van der Waals surface area contributed by atoms with Crippen molar-refractivity contribution in [2.45, 2.75) is 25.4 Å². The Balaban J connectivity index is 1.72. The van der Waals surface area contributed by atoms with E-state index in [0.717, 1.165) is 13.0 Å². The third-order valence-electron chi connectivity index (χ3n) is 4.64. The van der Waals surface area contributed by atoms with Gasteiger partial charge in [0.2, 0.25) is 5.91 Å². The Hall–Kier alpha value is -2.44. The molecule has 7 heteroatoms. The van der Waals surface area contributed by atoms with E-state index in [4.69, 9.17) is 16.3 Å². The molecule has 1 atom stereocenters. The number of carbonyl (C=O) groups excluding carboxylic acids is 2. The molecular formula is C20H20ClFN2O3. The largest absolute Gasteiger partial charge is 0.465 e. The molecule has 1 amide bonds. The van der Waals surface area contributed by atoms with Crippen LogP contribution in [-0.4, -0.2) is 36.5 Å². The molecule has 0 radical (unpaired) electrons. The fourth-order valence-electron chi connectivity index (χ4n) is 3.25. The van der Waals surface area contributed by atoms with Crippen molar-refractivity contribution < 1.29 is 18.7 Å². The molecule has 0 aliphatic carbocycles. The van der Waals surface area contributed by atoms with Gasteiger partial charge in [0.1, 0.15) is 5.82 Å². The van der Waals surface area contributed by atoms with Gasteiger partial charge >= 0.3 is 5.97 Å². The number of amides is 1. The van der Waals surface area contributed by atoms with Crippen LogP contribution in [0, 0.1) is 5.82 Å². The number of methoxy groups -OCH3 is 1. The van der Waals surface area contributed by atoms with Gasteiger partial charge in [-0.15, -0.1) is 0 Å². The highest BCUT2D eigenvalue weighted by Crippen LogP contribution is 2.25. The van der Waals surface area contributed by atoms with Crippen molar-refractivity contribution in [1.29, 1.82) is 0 Å². The number of likely N-dealkylation sites (tertiary alicyclic amines) is 1. The van der Waals surface area contributed by atoms with Crippen LogP contribution in [0.5, 0.6) is 0 Å². The number of esters is 1. The molecule has 1 fully saturated rings. The number of hydrogen-bond acceptors (Lipinski definition) is 4. The van der Waals surface area contributed by atoms with Crippen LogP contribution in [-0.2, 0) is 16.1 Å². The maximum absolute atomic E-state index is 13.9. The molecule has 3 rings (SSSR count). The third-order valence-corrected chi connectivity index (χ3v) is 4.97. The van der Waals surface area contributed by atoms with E-state index in [1.54, 1.807) is 24.3 Å². The molecule has 2 aromatic carbocycles. The maximum atomic E-state index is 13.9. The zero-order valence-electron chi connectivity index (χ0n) is 14.9. The maximum Gasteiger partial charge on any atom is 0.339 e. The standard InChI is InChI=1S/C20H20ClFN2O3/c1-27-20(26)15-11-14(8-9-16(15)21)23-19(25)18-7-4-10-24(18)12-13-5-2-3-6-17(13)22/h2-3,5-6,8-9,11,18H,4,7,10,12H2,1H3,(H,23,25). The average Bonchev–Trinajstić information content (AvgIpc) is 3.13. The molecule has 27 heavy (non-hydrogen) atoms. The molecule has 1 unspecified atom stereocenters. The van der Waals surface area contributed by atoms with E-state index in [0.29, 0.717) is 24.2 Å². The van der Waals surface area contributed by atoms with Crippen LogP contribution in [0.1, 0.15) is 28.8 Å². The van der Waals surface area contributed by atoms with Crippen LogP contribution in [0.25, 0.3) is 0 Å². The van der Waals surface area contributed by atoms with Crippen LogP contribution >= 0.6 is 11.6 Å². The van der Waals surface area contributed by atoms with E-state index in [2.05, 4.69) is 5.32 Å². The highest BCUT2D eigenvalue weighted by Gasteiger charge is 2.31. The number of anilines is 1. The van der Waals surface area contributed by atoms with Crippen LogP contribution in [0.3, 0.4) is 0 Å². The third kappa shape index (κ3) is 4.46. The summed E-state index contributed by atoms with van der Waals surface area (Å²) in [6.45, 7) is 1.10. The summed E-state index contributed by atoms with van der Waals surface area (Å²) < 4.78 is 18.6. The smallest absolute Gasteiger partial charge is 0.339 e. The van der Waals surface area contributed by atoms with E-state index >= 15 is 0 Å². The summed E-state index contributed by atoms with van der Waals surface area (Å²) in [5.41, 5.74) is 1.21. The highest BCUT2D eigenvalue weighted by molar-refractivity contribution is 6.33. The second kappa shape index (κ2) is 8.50. The Kier molecular flexibility index (Phi) is 6.08. The fraction of sp³-hybridized carbons (Fsp3) is 0.300. The summed E-state index contributed by atoms with van der Waals surface area (Å²) in [5.74, 6) is -1.04. The van der Waals surface area contributed by atoms with Gasteiger partial charge < -0.3 is 10.1 Å². The van der Waals surface area contributed by atoms with Crippen LogP contribution in [0.2, 0.25) is 5.02 Å². The predicted octanol–water partition coefficient (Wildman–Crippen LogP) is 3.87. The summed E-state index contributed by atoms with van der Waals surface area (Å²) in [6.07, 6.45) is 1.55. The van der Waals surface area contributed by atoms with Gasteiger partial charge in [0, 0.05) is 17.8 Å². The molecule has 1 N–H and O–H groups in total. The van der Waals surface area contributed by atoms with Crippen molar-refractivity contribution >= 4 is 29.2 Å². The SMILES string of the molecule is COC(=O)c1cc(NC(=O)C2CCCN2Cc2ccccc2F)ccc1Cl. The van der Waals surface area contributed by atoms with Crippen molar-refractivity contribution in [3.8, 4) is 0 Å². The zero-order chi connectivity index (χ0) is 19.4. The predicted molar refractivity (Wildman–Crippen MR) is 101 cm³/mol. The first-order valence-electron chi connectivity index (χ1n) is 8.66. The van der Waals surface area contributed by atoms with Gasteiger partial charge in [-0.1, -0.05) is 29.8 Å². The van der Waals surface area contributed by atoms with Crippen LogP contribution in [0.4, 0.5) is 10.1 Å². The minimum absolute atomic E-state index is 0.187. The van der Waals surface area contributed by atoms with E-state index < -0.39 is 5.97 Å². The van der Waals surface area contributed by atoms with E-state index in [9.17, 15) is 14.0 Å². The lowest BCUT2D eigenvalue weighted by Crippen LogP contribution is -2.39. The first-order valence-corrected chi connectivity index (χ1v) is 9.03. The van der Waals surface area contributed by atoms with Gasteiger partial charge in [0.25, 0.3) is 0 Å². The molecular weight excluding hydrogens is 371 g/mol. The second-order valence-corrected chi connectivity index (χ2v) is 6.80. The summed E-state index contributed by atoms with van der Waals surface area (Å²) in [5, 5.41) is 3.07. The zero-order valence-corrected chi connectivity index (χ0v) is 15.6. The lowest BCUT2D eigenvalue weighted by molar-refractivity contribution is -0.120. The van der Waals surface area contributed by atoms with Gasteiger partial charge in [-0.3, -0.25) is 9.69 Å². The molecule has 2 aromatic rings. The average molecular weight is 391 g/mol. The monoisotopic (exact) mass is 390 g/mol. The number of nitrogens with one attached hydrogen (secondary N) is 1. The quantitative estimate of drug-likeness (QED) is 0.787. The van der Waals surface area contributed by atoms with Gasteiger partial charge in [0.15, 0.2) is 0 Å². The lowest BCUT2D eigenvalue weighted by Gasteiger charge is -2.24. The number of nitrogens with zero attached hydrogens (tertiary/aromatic N) is 1. The number of halogens is 2. The number of ether oxygens (including phenoxy) is 1. The number of benzene rings is 2. The van der Waals surface area contributed by atoms with Crippen molar-refractivity contribution in [1.82, 2.24) is 4.90 Å². The molecule has 0 bridgehead atoms. The first kappa shape index (κ1) is 19.3.